The van der Waals surface area contributed by atoms with Gasteiger partial charge in [0.15, 0.2) is 11.6 Å². The number of hydrogen-bond donors (Lipinski definition) is 2. The van der Waals surface area contributed by atoms with E-state index in [2.05, 4.69) is 10.6 Å². The van der Waals surface area contributed by atoms with Gasteiger partial charge in [-0.2, -0.15) is 0 Å². The average Bonchev–Trinajstić information content (AvgIpc) is 3.03. The smallest absolute Gasteiger partial charge is 0.238 e. The second kappa shape index (κ2) is 7.80. The largest absolute Gasteiger partial charge is 0.371 e. The first-order chi connectivity index (χ1) is 15.3. The summed E-state index contributed by atoms with van der Waals surface area (Å²) in [5.74, 6) is -2.64. The lowest BCUT2D eigenvalue weighted by Crippen LogP contribution is -2.56. The molecule has 1 amide bonds. The Labute approximate surface area is 198 Å². The fourth-order valence-electron chi connectivity index (χ4n) is 4.98. The third-order valence-electron chi connectivity index (χ3n) is 6.28. The number of hydrogen-bond acceptors (Lipinski definition) is 2. The van der Waals surface area contributed by atoms with E-state index < -0.39 is 29.0 Å². The van der Waals surface area contributed by atoms with Crippen molar-refractivity contribution in [2.75, 3.05) is 5.32 Å². The van der Waals surface area contributed by atoms with Crippen LogP contribution in [0.1, 0.15) is 35.1 Å². The van der Waals surface area contributed by atoms with Crippen molar-refractivity contribution in [2.45, 2.75) is 23.8 Å². The van der Waals surface area contributed by atoms with Crippen molar-refractivity contribution in [2.24, 2.45) is 0 Å². The van der Waals surface area contributed by atoms with Crippen molar-refractivity contribution < 1.29 is 13.6 Å². The maximum Gasteiger partial charge on any atom is 0.238 e. The molecule has 3 aromatic rings. The van der Waals surface area contributed by atoms with E-state index in [4.69, 9.17) is 35.4 Å². The van der Waals surface area contributed by atoms with Gasteiger partial charge >= 0.3 is 0 Å². The van der Waals surface area contributed by atoms with Gasteiger partial charge in [0.2, 0.25) is 5.91 Å². The van der Waals surface area contributed by atoms with Gasteiger partial charge in [-0.1, -0.05) is 59.7 Å². The Morgan fingerprint density at radius 3 is 2.47 bits per heavy atom. The normalized spacial score (nSPS) is 24.2. The van der Waals surface area contributed by atoms with Gasteiger partial charge in [0.25, 0.3) is 0 Å². The molecule has 1 saturated heterocycles. The van der Waals surface area contributed by atoms with E-state index in [1.54, 1.807) is 24.3 Å². The fourth-order valence-corrected chi connectivity index (χ4v) is 5.64. The molecule has 2 heterocycles. The molecule has 2 N–H and O–H groups in total. The number of benzene rings is 3. The quantitative estimate of drug-likeness (QED) is 0.415. The predicted octanol–water partition coefficient (Wildman–Crippen LogP) is 6.31. The molecule has 1 spiro atoms. The van der Waals surface area contributed by atoms with Crippen LogP contribution in [-0.4, -0.2) is 10.9 Å². The van der Waals surface area contributed by atoms with Gasteiger partial charge in [-0.25, -0.2) is 8.78 Å². The van der Waals surface area contributed by atoms with Crippen LogP contribution < -0.4 is 10.6 Å². The zero-order valence-electron chi connectivity index (χ0n) is 16.5. The lowest BCUT2D eigenvalue weighted by atomic mass is 9.59. The summed E-state index contributed by atoms with van der Waals surface area (Å²) < 4.78 is 28.0. The summed E-state index contributed by atoms with van der Waals surface area (Å²) in [7, 11) is 0. The Hall–Kier alpha value is -2.54. The summed E-state index contributed by atoms with van der Waals surface area (Å²) in [6, 6.07) is 15.4. The summed E-state index contributed by atoms with van der Waals surface area (Å²) >= 11 is 18.0. The monoisotopic (exact) mass is 488 g/mol. The van der Waals surface area contributed by atoms with Crippen LogP contribution in [0.25, 0.3) is 0 Å². The number of thiocarbonyl (C=S) groups is 1. The van der Waals surface area contributed by atoms with Gasteiger partial charge in [-0.05, 0) is 53.1 Å². The fraction of sp³-hybridized carbons (Fsp3) is 0.167. The Morgan fingerprint density at radius 1 is 0.938 bits per heavy atom. The van der Waals surface area contributed by atoms with Gasteiger partial charge < -0.3 is 10.6 Å². The van der Waals surface area contributed by atoms with Crippen LogP contribution in [0.4, 0.5) is 14.5 Å². The molecular formula is C24H16Cl2F2N2OS. The highest BCUT2D eigenvalue weighted by Crippen LogP contribution is 2.57. The molecular weight excluding hydrogens is 473 g/mol. The highest BCUT2D eigenvalue weighted by Gasteiger charge is 2.60. The zero-order valence-corrected chi connectivity index (χ0v) is 18.8. The zero-order chi connectivity index (χ0) is 22.6. The molecule has 2 aliphatic heterocycles. The average molecular weight is 489 g/mol. The van der Waals surface area contributed by atoms with Crippen molar-refractivity contribution in [3.63, 3.8) is 0 Å². The van der Waals surface area contributed by atoms with Crippen LogP contribution in [0, 0.1) is 11.6 Å². The van der Waals surface area contributed by atoms with Gasteiger partial charge in [-0.15, -0.1) is 0 Å². The van der Waals surface area contributed by atoms with Gasteiger partial charge in [0.1, 0.15) is 5.41 Å². The summed E-state index contributed by atoms with van der Waals surface area (Å²) in [6.07, 6.45) is 0.380. The Kier molecular flexibility index (Phi) is 5.19. The second-order valence-corrected chi connectivity index (χ2v) is 9.36. The maximum atomic E-state index is 14.3. The van der Waals surface area contributed by atoms with Crippen molar-refractivity contribution >= 4 is 52.0 Å². The Balaban J connectivity index is 1.81. The third kappa shape index (κ3) is 3.20. The number of halogens is 4. The van der Waals surface area contributed by atoms with E-state index in [1.807, 2.05) is 18.2 Å². The number of nitrogens with one attached hydrogen (secondary N) is 2. The van der Waals surface area contributed by atoms with E-state index in [1.165, 1.54) is 6.07 Å². The molecule has 1 fully saturated rings. The van der Waals surface area contributed by atoms with E-state index >= 15 is 0 Å². The molecule has 0 radical (unpaired) electrons. The summed E-state index contributed by atoms with van der Waals surface area (Å²) in [5, 5.41) is 7.18. The van der Waals surface area contributed by atoms with E-state index in [0.29, 0.717) is 38.3 Å². The number of piperidine rings is 1. The first-order valence-corrected chi connectivity index (χ1v) is 11.1. The van der Waals surface area contributed by atoms with Crippen LogP contribution in [0.5, 0.6) is 0 Å². The summed E-state index contributed by atoms with van der Waals surface area (Å²) in [4.78, 5) is 14.3. The van der Waals surface area contributed by atoms with Crippen molar-refractivity contribution in [3.8, 4) is 0 Å². The minimum Gasteiger partial charge on any atom is -0.371 e. The summed E-state index contributed by atoms with van der Waals surface area (Å²) in [5.41, 5.74) is 1.33. The molecule has 0 unspecified atom stereocenters. The molecule has 32 heavy (non-hydrogen) atoms. The number of anilines is 1. The van der Waals surface area contributed by atoms with Crippen molar-refractivity contribution in [1.82, 2.24) is 5.32 Å². The Bertz CT molecular complexity index is 1280. The van der Waals surface area contributed by atoms with Gasteiger partial charge in [0, 0.05) is 28.1 Å². The second-order valence-electron chi connectivity index (χ2n) is 8.00. The van der Waals surface area contributed by atoms with Gasteiger partial charge in [0.05, 0.1) is 11.0 Å². The van der Waals surface area contributed by atoms with Crippen molar-refractivity contribution in [3.05, 3.63) is 99.0 Å². The van der Waals surface area contributed by atoms with Crippen LogP contribution in [0.15, 0.2) is 60.7 Å². The number of carbonyl (C=O) groups excluding carboxylic acids is 1. The first kappa shape index (κ1) is 21.3. The topological polar surface area (TPSA) is 41.1 Å². The van der Waals surface area contributed by atoms with Crippen LogP contribution in [0.2, 0.25) is 10.0 Å². The van der Waals surface area contributed by atoms with Crippen LogP contribution >= 0.6 is 35.4 Å². The highest BCUT2D eigenvalue weighted by molar-refractivity contribution is 7.80. The standard InChI is InChI=1S/C24H16Cl2F2N2OS/c25-14-3-1-2-12(8-14)17-11-21(32)30-22(13-4-7-18(27)19(28)9-13)24(17)16-6-5-15(26)10-20(16)29-23(24)31/h1-10,17,22H,11H2,(H,29,31)(H,30,32)/t17-,22+,24-/m0/s1. The summed E-state index contributed by atoms with van der Waals surface area (Å²) in [6.45, 7) is 0. The van der Waals surface area contributed by atoms with Crippen LogP contribution in [-0.2, 0) is 10.2 Å². The minimum absolute atomic E-state index is 0.274. The van der Waals surface area contributed by atoms with Crippen LogP contribution in [0.3, 0.4) is 0 Å². The lowest BCUT2D eigenvalue weighted by Gasteiger charge is -2.47. The van der Waals surface area contributed by atoms with E-state index in [9.17, 15) is 13.6 Å². The molecule has 0 aliphatic carbocycles. The first-order valence-electron chi connectivity index (χ1n) is 9.92. The molecule has 0 aromatic heterocycles. The molecule has 5 rings (SSSR count). The molecule has 3 atom stereocenters. The Morgan fingerprint density at radius 2 is 1.72 bits per heavy atom. The van der Waals surface area contributed by atoms with Gasteiger partial charge in [-0.3, -0.25) is 4.79 Å². The number of amides is 1. The lowest BCUT2D eigenvalue weighted by molar-refractivity contribution is -0.123. The third-order valence-corrected chi connectivity index (χ3v) is 7.03. The molecule has 162 valence electrons. The molecule has 2 aliphatic rings. The van der Waals surface area contributed by atoms with E-state index in [0.717, 1.165) is 17.7 Å². The molecule has 3 nitrogen and oxygen atoms in total. The minimum atomic E-state index is -1.20. The highest BCUT2D eigenvalue weighted by atomic mass is 35.5. The van der Waals surface area contributed by atoms with Crippen molar-refractivity contribution in [1.29, 1.82) is 0 Å². The molecule has 0 saturated carbocycles. The molecule has 8 heteroatoms. The molecule has 3 aromatic carbocycles. The maximum absolute atomic E-state index is 14.3. The SMILES string of the molecule is O=C1Nc2cc(Cl)ccc2[C@]12[C@@H](c1ccc(F)c(F)c1)NC(=S)C[C@H]2c1cccc(Cl)c1. The number of fused-ring (bicyclic) bond motifs is 2. The predicted molar refractivity (Wildman–Crippen MR) is 125 cm³/mol. The molecule has 0 bridgehead atoms. The van der Waals surface area contributed by atoms with E-state index in [-0.39, 0.29) is 5.91 Å². The number of carbonyl (C=O) groups is 1. The number of rotatable bonds is 2.